The van der Waals surface area contributed by atoms with Gasteiger partial charge in [-0.25, -0.2) is 0 Å². The van der Waals surface area contributed by atoms with Gasteiger partial charge < -0.3 is 0 Å². The summed E-state index contributed by atoms with van der Waals surface area (Å²) in [6.45, 7) is 4.31. The maximum absolute atomic E-state index is 12.7. The average Bonchev–Trinajstić information content (AvgIpc) is 3.00. The van der Waals surface area contributed by atoms with E-state index in [0.717, 1.165) is 36.8 Å². The molecule has 1 aliphatic carbocycles. The van der Waals surface area contributed by atoms with Crippen molar-refractivity contribution in [1.29, 1.82) is 0 Å². The number of hydrogen-bond donors (Lipinski definition) is 0. The van der Waals surface area contributed by atoms with Gasteiger partial charge in [0.15, 0.2) is 5.78 Å². The second-order valence-corrected chi connectivity index (χ2v) is 5.86. The quantitative estimate of drug-likeness (QED) is 0.751. The molecule has 0 saturated heterocycles. The summed E-state index contributed by atoms with van der Waals surface area (Å²) in [4.78, 5) is 12.7. The molecule has 0 spiro atoms. The fourth-order valence-corrected chi connectivity index (χ4v) is 3.32. The van der Waals surface area contributed by atoms with Gasteiger partial charge in [0.1, 0.15) is 0 Å². The molecule has 1 aliphatic rings. The largest absolute Gasteiger partial charge is 0.289 e. The second-order valence-electron chi connectivity index (χ2n) is 5.86. The lowest BCUT2D eigenvalue weighted by atomic mass is 9.95. The third-order valence-corrected chi connectivity index (χ3v) is 4.59. The normalized spacial score (nSPS) is 13.2. The number of aryl methyl sites for hydroxylation is 4. The Kier molecular flexibility index (Phi) is 3.92. The molecule has 0 atom stereocenters. The van der Waals surface area contributed by atoms with E-state index in [9.17, 15) is 4.79 Å². The molecule has 0 saturated carbocycles. The van der Waals surface area contributed by atoms with Gasteiger partial charge in [-0.15, -0.1) is 0 Å². The van der Waals surface area contributed by atoms with E-state index >= 15 is 0 Å². The molecule has 0 bridgehead atoms. The smallest absolute Gasteiger partial charge is 0.193 e. The summed E-state index contributed by atoms with van der Waals surface area (Å²) in [6, 6.07) is 12.4. The first-order valence-corrected chi connectivity index (χ1v) is 8.01. The Labute approximate surface area is 127 Å². The van der Waals surface area contributed by atoms with Crippen LogP contribution in [0.4, 0.5) is 0 Å². The predicted octanol–water partition coefficient (Wildman–Crippen LogP) is 4.53. The number of ketones is 1. The number of hydrogen-bond acceptors (Lipinski definition) is 1. The van der Waals surface area contributed by atoms with Crippen molar-refractivity contribution in [3.8, 4) is 0 Å². The summed E-state index contributed by atoms with van der Waals surface area (Å²) in [5, 5.41) is 0. The van der Waals surface area contributed by atoms with Crippen LogP contribution in [0.25, 0.3) is 0 Å². The van der Waals surface area contributed by atoms with E-state index in [-0.39, 0.29) is 5.78 Å². The lowest BCUT2D eigenvalue weighted by molar-refractivity contribution is 0.103. The van der Waals surface area contributed by atoms with Crippen molar-refractivity contribution >= 4 is 5.78 Å². The Morgan fingerprint density at radius 2 is 1.52 bits per heavy atom. The molecule has 2 aromatic rings. The van der Waals surface area contributed by atoms with E-state index in [2.05, 4.69) is 38.1 Å². The highest BCUT2D eigenvalue weighted by Crippen LogP contribution is 2.24. The molecule has 108 valence electrons. The summed E-state index contributed by atoms with van der Waals surface area (Å²) in [5.41, 5.74) is 7.08. The molecule has 0 N–H and O–H groups in total. The maximum Gasteiger partial charge on any atom is 0.193 e. The molecule has 0 fully saturated rings. The fourth-order valence-electron chi connectivity index (χ4n) is 3.32. The van der Waals surface area contributed by atoms with E-state index in [0.29, 0.717) is 0 Å². The summed E-state index contributed by atoms with van der Waals surface area (Å²) >= 11 is 0. The van der Waals surface area contributed by atoms with Gasteiger partial charge in [-0.1, -0.05) is 38.1 Å². The maximum atomic E-state index is 12.7. The highest BCUT2D eigenvalue weighted by atomic mass is 16.1. The molecular formula is C20H22O. The topological polar surface area (TPSA) is 17.1 Å². The first-order chi connectivity index (χ1) is 10.2. The van der Waals surface area contributed by atoms with Crippen LogP contribution < -0.4 is 0 Å². The summed E-state index contributed by atoms with van der Waals surface area (Å²) in [5.74, 6) is 0.155. The van der Waals surface area contributed by atoms with Crippen LogP contribution in [0.5, 0.6) is 0 Å². The molecular weight excluding hydrogens is 256 g/mol. The number of carbonyl (C=O) groups is 1. The first kappa shape index (κ1) is 14.1. The van der Waals surface area contributed by atoms with E-state index in [1.54, 1.807) is 0 Å². The van der Waals surface area contributed by atoms with Gasteiger partial charge >= 0.3 is 0 Å². The third-order valence-electron chi connectivity index (χ3n) is 4.59. The minimum atomic E-state index is 0.155. The van der Waals surface area contributed by atoms with Gasteiger partial charge in [0.05, 0.1) is 0 Å². The summed E-state index contributed by atoms with van der Waals surface area (Å²) in [7, 11) is 0. The highest BCUT2D eigenvalue weighted by Gasteiger charge is 2.15. The first-order valence-electron chi connectivity index (χ1n) is 8.01. The summed E-state index contributed by atoms with van der Waals surface area (Å²) < 4.78 is 0. The Morgan fingerprint density at radius 1 is 0.857 bits per heavy atom. The van der Waals surface area contributed by atoms with Gasteiger partial charge in [0.2, 0.25) is 0 Å². The van der Waals surface area contributed by atoms with Crippen molar-refractivity contribution in [2.75, 3.05) is 0 Å². The van der Waals surface area contributed by atoms with Crippen molar-refractivity contribution in [2.45, 2.75) is 46.0 Å². The van der Waals surface area contributed by atoms with E-state index in [4.69, 9.17) is 0 Å². The Hall–Kier alpha value is -1.89. The number of carbonyl (C=O) groups excluding carboxylic acids is 1. The van der Waals surface area contributed by atoms with E-state index in [1.807, 2.05) is 12.1 Å². The van der Waals surface area contributed by atoms with Crippen molar-refractivity contribution < 1.29 is 4.79 Å². The number of benzene rings is 2. The van der Waals surface area contributed by atoms with Crippen molar-refractivity contribution in [3.05, 3.63) is 69.8 Å². The summed E-state index contributed by atoms with van der Waals surface area (Å²) in [6.07, 6.45) is 5.50. The zero-order chi connectivity index (χ0) is 14.8. The van der Waals surface area contributed by atoms with Crippen molar-refractivity contribution in [3.63, 3.8) is 0 Å². The monoisotopic (exact) mass is 278 g/mol. The molecule has 21 heavy (non-hydrogen) atoms. The standard InChI is InChI=1S/C20H22O/c1-3-14-8-10-18(12-15(14)4-2)20(21)19-11-9-16-6-5-7-17(16)13-19/h8-13H,3-7H2,1-2H3. The lowest BCUT2D eigenvalue weighted by Crippen LogP contribution is -2.04. The zero-order valence-electron chi connectivity index (χ0n) is 12.9. The van der Waals surface area contributed by atoms with Crippen LogP contribution in [0, 0.1) is 0 Å². The predicted molar refractivity (Wildman–Crippen MR) is 87.1 cm³/mol. The number of fused-ring (bicyclic) bond motifs is 1. The minimum Gasteiger partial charge on any atom is -0.289 e. The molecule has 2 aromatic carbocycles. The second kappa shape index (κ2) is 5.85. The van der Waals surface area contributed by atoms with Gasteiger partial charge in [-0.05, 0) is 66.5 Å². The van der Waals surface area contributed by atoms with Crippen LogP contribution in [-0.4, -0.2) is 5.78 Å². The molecule has 1 heteroatoms. The molecule has 1 nitrogen and oxygen atoms in total. The van der Waals surface area contributed by atoms with Crippen molar-refractivity contribution in [1.82, 2.24) is 0 Å². The van der Waals surface area contributed by atoms with Crippen LogP contribution in [-0.2, 0) is 25.7 Å². The van der Waals surface area contributed by atoms with Gasteiger partial charge in [0, 0.05) is 11.1 Å². The number of rotatable bonds is 4. The van der Waals surface area contributed by atoms with Crippen LogP contribution >= 0.6 is 0 Å². The molecule has 0 amide bonds. The molecule has 3 rings (SSSR count). The Balaban J connectivity index is 1.95. The van der Waals surface area contributed by atoms with Crippen LogP contribution in [0.1, 0.15) is 58.4 Å². The fraction of sp³-hybridized carbons (Fsp3) is 0.350. The molecule has 0 aliphatic heterocycles. The zero-order valence-corrected chi connectivity index (χ0v) is 12.9. The SMILES string of the molecule is CCc1ccc(C(=O)c2ccc3c(c2)CCC3)cc1CC. The average molecular weight is 278 g/mol. The highest BCUT2D eigenvalue weighted by molar-refractivity contribution is 6.09. The van der Waals surface area contributed by atoms with E-state index in [1.165, 1.54) is 28.7 Å². The van der Waals surface area contributed by atoms with Crippen LogP contribution in [0.15, 0.2) is 36.4 Å². The third kappa shape index (κ3) is 2.65. The Morgan fingerprint density at radius 3 is 2.29 bits per heavy atom. The molecule has 0 heterocycles. The Bertz CT molecular complexity index is 682. The van der Waals surface area contributed by atoms with Gasteiger partial charge in [0.25, 0.3) is 0 Å². The van der Waals surface area contributed by atoms with Crippen LogP contribution in [0.3, 0.4) is 0 Å². The molecule has 0 aromatic heterocycles. The van der Waals surface area contributed by atoms with Crippen molar-refractivity contribution in [2.24, 2.45) is 0 Å². The van der Waals surface area contributed by atoms with Crippen LogP contribution in [0.2, 0.25) is 0 Å². The lowest BCUT2D eigenvalue weighted by Gasteiger charge is -2.09. The molecule has 0 unspecified atom stereocenters. The van der Waals surface area contributed by atoms with Gasteiger partial charge in [-0.3, -0.25) is 4.79 Å². The minimum absolute atomic E-state index is 0.155. The van der Waals surface area contributed by atoms with Gasteiger partial charge in [-0.2, -0.15) is 0 Å². The van der Waals surface area contributed by atoms with E-state index < -0.39 is 0 Å². The molecule has 0 radical (unpaired) electrons.